The fourth-order valence-corrected chi connectivity index (χ4v) is 4.48. The van der Waals surface area contributed by atoms with Crippen LogP contribution in [0.5, 0.6) is 0 Å². The van der Waals surface area contributed by atoms with Gasteiger partial charge in [0.05, 0.1) is 6.10 Å². The average molecular weight is 296 g/mol. The Hall–Kier alpha value is -0.120. The highest BCUT2D eigenvalue weighted by Crippen LogP contribution is 2.39. The van der Waals surface area contributed by atoms with E-state index in [1.807, 2.05) is 0 Å². The Morgan fingerprint density at radius 3 is 2.57 bits per heavy atom. The van der Waals surface area contributed by atoms with E-state index in [0.717, 1.165) is 37.8 Å². The number of nitrogens with one attached hydrogen (secondary N) is 1. The van der Waals surface area contributed by atoms with Crippen LogP contribution in [0.15, 0.2) is 0 Å². The van der Waals surface area contributed by atoms with Crippen LogP contribution in [0.2, 0.25) is 0 Å². The number of rotatable bonds is 7. The zero-order valence-corrected chi connectivity index (χ0v) is 14.6. The Morgan fingerprint density at radius 2 is 1.95 bits per heavy atom. The van der Waals surface area contributed by atoms with Crippen molar-refractivity contribution >= 4 is 0 Å². The molecule has 2 rings (SSSR count). The quantitative estimate of drug-likeness (QED) is 0.758. The molecule has 0 spiro atoms. The van der Waals surface area contributed by atoms with E-state index < -0.39 is 0 Å². The predicted octanol–water partition coefficient (Wildman–Crippen LogP) is 2.88. The summed E-state index contributed by atoms with van der Waals surface area (Å²) in [6, 6.07) is 0.653. The summed E-state index contributed by atoms with van der Waals surface area (Å²) in [5, 5.41) is 13.3. The van der Waals surface area contributed by atoms with Gasteiger partial charge in [-0.25, -0.2) is 0 Å². The summed E-state index contributed by atoms with van der Waals surface area (Å²) in [4.78, 5) is 2.52. The van der Waals surface area contributed by atoms with E-state index in [0.29, 0.717) is 11.5 Å². The molecular weight excluding hydrogens is 260 g/mol. The fourth-order valence-electron chi connectivity index (χ4n) is 4.48. The standard InChI is InChI=1S/C18H36N2O/c1-5-9-19-17-15(7-6-8-18(17,2)3)13-20(4)12-14-10-16(21)11-14/h14-17,19,21H,5-13H2,1-4H3. The van der Waals surface area contributed by atoms with Gasteiger partial charge >= 0.3 is 0 Å². The molecule has 0 amide bonds. The molecule has 0 aromatic heterocycles. The van der Waals surface area contributed by atoms with Gasteiger partial charge in [-0.05, 0) is 62.9 Å². The van der Waals surface area contributed by atoms with Crippen LogP contribution in [0.3, 0.4) is 0 Å². The van der Waals surface area contributed by atoms with E-state index in [-0.39, 0.29) is 6.10 Å². The Kier molecular flexibility index (Phi) is 6.10. The van der Waals surface area contributed by atoms with Crippen molar-refractivity contribution in [2.75, 3.05) is 26.7 Å². The van der Waals surface area contributed by atoms with Crippen molar-refractivity contribution in [3.63, 3.8) is 0 Å². The van der Waals surface area contributed by atoms with Crippen molar-refractivity contribution < 1.29 is 5.11 Å². The summed E-state index contributed by atoms with van der Waals surface area (Å²) in [7, 11) is 2.27. The molecule has 0 saturated heterocycles. The van der Waals surface area contributed by atoms with E-state index in [9.17, 15) is 5.11 Å². The van der Waals surface area contributed by atoms with Gasteiger partial charge in [0.25, 0.3) is 0 Å². The molecule has 21 heavy (non-hydrogen) atoms. The van der Waals surface area contributed by atoms with E-state index in [4.69, 9.17) is 0 Å². The summed E-state index contributed by atoms with van der Waals surface area (Å²) in [5.74, 6) is 1.50. The zero-order chi connectivity index (χ0) is 15.5. The first-order valence-corrected chi connectivity index (χ1v) is 9.02. The second-order valence-corrected chi connectivity index (χ2v) is 8.29. The summed E-state index contributed by atoms with van der Waals surface area (Å²) < 4.78 is 0. The highest BCUT2D eigenvalue weighted by atomic mass is 16.3. The molecule has 0 aromatic carbocycles. The molecule has 2 aliphatic rings. The van der Waals surface area contributed by atoms with Gasteiger partial charge in [0, 0.05) is 19.1 Å². The predicted molar refractivity (Wildman–Crippen MR) is 89.4 cm³/mol. The highest BCUT2D eigenvalue weighted by molar-refractivity contribution is 4.94. The molecule has 0 radical (unpaired) electrons. The van der Waals surface area contributed by atoms with Crippen molar-refractivity contribution in [1.82, 2.24) is 10.2 Å². The van der Waals surface area contributed by atoms with Crippen LogP contribution in [0.25, 0.3) is 0 Å². The van der Waals surface area contributed by atoms with Crippen LogP contribution >= 0.6 is 0 Å². The SMILES string of the molecule is CCCNC1C(CN(C)CC2CC(O)C2)CCCC1(C)C. The smallest absolute Gasteiger partial charge is 0.0546 e. The first kappa shape index (κ1) is 17.2. The number of nitrogens with zero attached hydrogens (tertiary/aromatic N) is 1. The first-order valence-electron chi connectivity index (χ1n) is 9.02. The van der Waals surface area contributed by atoms with Crippen LogP contribution in [0.4, 0.5) is 0 Å². The van der Waals surface area contributed by atoms with Crippen molar-refractivity contribution in [2.45, 2.75) is 71.4 Å². The lowest BCUT2D eigenvalue weighted by Gasteiger charge is -2.46. The maximum atomic E-state index is 9.43. The highest BCUT2D eigenvalue weighted by Gasteiger charge is 2.39. The topological polar surface area (TPSA) is 35.5 Å². The molecule has 0 bridgehead atoms. The van der Waals surface area contributed by atoms with Gasteiger partial charge in [-0.3, -0.25) is 0 Å². The molecule has 3 nitrogen and oxygen atoms in total. The van der Waals surface area contributed by atoms with Crippen LogP contribution in [-0.4, -0.2) is 48.8 Å². The fraction of sp³-hybridized carbons (Fsp3) is 1.00. The van der Waals surface area contributed by atoms with Crippen LogP contribution < -0.4 is 5.32 Å². The number of hydrogen-bond donors (Lipinski definition) is 2. The third-order valence-corrected chi connectivity index (χ3v) is 5.65. The summed E-state index contributed by atoms with van der Waals surface area (Å²) in [6.45, 7) is 10.6. The Labute approximate surface area is 131 Å². The molecule has 2 aliphatic carbocycles. The van der Waals surface area contributed by atoms with Gasteiger partial charge in [0.2, 0.25) is 0 Å². The molecule has 0 aliphatic heterocycles. The van der Waals surface area contributed by atoms with Gasteiger partial charge < -0.3 is 15.3 Å². The molecule has 2 atom stereocenters. The molecular formula is C18H36N2O. The second kappa shape index (κ2) is 7.43. The molecule has 2 fully saturated rings. The Bertz CT molecular complexity index is 312. The Morgan fingerprint density at radius 1 is 1.24 bits per heavy atom. The number of aliphatic hydroxyl groups is 1. The van der Waals surface area contributed by atoms with Gasteiger partial charge in [-0.2, -0.15) is 0 Å². The molecule has 124 valence electrons. The molecule has 0 heterocycles. The van der Waals surface area contributed by atoms with E-state index in [1.165, 1.54) is 32.2 Å². The van der Waals surface area contributed by atoms with Crippen molar-refractivity contribution in [2.24, 2.45) is 17.3 Å². The third-order valence-electron chi connectivity index (χ3n) is 5.65. The molecule has 0 aromatic rings. The van der Waals surface area contributed by atoms with Crippen LogP contribution in [0, 0.1) is 17.3 Å². The van der Waals surface area contributed by atoms with Crippen molar-refractivity contribution in [3.8, 4) is 0 Å². The monoisotopic (exact) mass is 296 g/mol. The zero-order valence-electron chi connectivity index (χ0n) is 14.6. The molecule has 2 saturated carbocycles. The summed E-state index contributed by atoms with van der Waals surface area (Å²) in [5.41, 5.74) is 0.422. The van der Waals surface area contributed by atoms with E-state index in [1.54, 1.807) is 0 Å². The number of aliphatic hydroxyl groups excluding tert-OH is 1. The van der Waals surface area contributed by atoms with Crippen molar-refractivity contribution in [3.05, 3.63) is 0 Å². The van der Waals surface area contributed by atoms with Gasteiger partial charge in [0.15, 0.2) is 0 Å². The summed E-state index contributed by atoms with van der Waals surface area (Å²) in [6.07, 6.45) is 7.31. The molecule has 3 heteroatoms. The Balaban J connectivity index is 1.85. The minimum atomic E-state index is -0.0176. The third kappa shape index (κ3) is 4.67. The van der Waals surface area contributed by atoms with Gasteiger partial charge in [-0.15, -0.1) is 0 Å². The van der Waals surface area contributed by atoms with Crippen molar-refractivity contribution in [1.29, 1.82) is 0 Å². The van der Waals surface area contributed by atoms with Crippen LogP contribution in [-0.2, 0) is 0 Å². The average Bonchev–Trinajstić information content (AvgIpc) is 2.35. The lowest BCUT2D eigenvalue weighted by molar-refractivity contribution is 0.0197. The largest absolute Gasteiger partial charge is 0.393 e. The van der Waals surface area contributed by atoms with Crippen LogP contribution in [0.1, 0.15) is 59.3 Å². The lowest BCUT2D eigenvalue weighted by atomic mass is 9.67. The summed E-state index contributed by atoms with van der Waals surface area (Å²) >= 11 is 0. The van der Waals surface area contributed by atoms with Gasteiger partial charge in [-0.1, -0.05) is 27.2 Å². The van der Waals surface area contributed by atoms with E-state index >= 15 is 0 Å². The number of hydrogen-bond acceptors (Lipinski definition) is 3. The van der Waals surface area contributed by atoms with Gasteiger partial charge in [0.1, 0.15) is 0 Å². The molecule has 2 unspecified atom stereocenters. The lowest BCUT2D eigenvalue weighted by Crippen LogP contribution is -2.53. The normalized spacial score (nSPS) is 35.7. The first-order chi connectivity index (χ1) is 9.92. The second-order valence-electron chi connectivity index (χ2n) is 8.29. The minimum absolute atomic E-state index is 0.0176. The maximum absolute atomic E-state index is 9.43. The maximum Gasteiger partial charge on any atom is 0.0546 e. The van der Waals surface area contributed by atoms with E-state index in [2.05, 4.69) is 38.0 Å². The molecule has 2 N–H and O–H groups in total. The minimum Gasteiger partial charge on any atom is -0.393 e.